The summed E-state index contributed by atoms with van der Waals surface area (Å²) in [5, 5.41) is 14.9. The van der Waals surface area contributed by atoms with E-state index in [-0.39, 0.29) is 11.4 Å². The Morgan fingerprint density at radius 2 is 1.63 bits per heavy atom. The highest BCUT2D eigenvalue weighted by Crippen LogP contribution is 2.33. The average Bonchev–Trinajstić information content (AvgIpc) is 2.75. The Morgan fingerprint density at radius 1 is 0.933 bits per heavy atom. The standard InChI is InChI=1S/C26H25NO3/c1-16-9-11-21(12-10-16)27-15-20-14-22-17(2)23(13-19-7-5-4-6-8-19)26(29)30-25(22)18(3)24(20)28/h4-12,14,27-28H,13,15H2,1-3H3. The number of hydrogen-bond donors (Lipinski definition) is 2. The van der Waals surface area contributed by atoms with E-state index in [2.05, 4.69) is 5.32 Å². The molecule has 0 aliphatic rings. The molecule has 4 aromatic rings. The minimum absolute atomic E-state index is 0.153. The van der Waals surface area contributed by atoms with E-state index in [4.69, 9.17) is 4.42 Å². The maximum absolute atomic E-state index is 12.7. The van der Waals surface area contributed by atoms with E-state index in [0.29, 0.717) is 29.7 Å². The van der Waals surface area contributed by atoms with Gasteiger partial charge in [0.1, 0.15) is 11.3 Å². The first-order chi connectivity index (χ1) is 14.4. The molecule has 1 heterocycles. The van der Waals surface area contributed by atoms with Crippen LogP contribution in [-0.2, 0) is 13.0 Å². The molecule has 2 N–H and O–H groups in total. The Labute approximate surface area is 175 Å². The van der Waals surface area contributed by atoms with Gasteiger partial charge in [-0.15, -0.1) is 0 Å². The molecule has 152 valence electrons. The van der Waals surface area contributed by atoms with Crippen molar-refractivity contribution in [3.8, 4) is 5.75 Å². The Kier molecular flexibility index (Phi) is 5.32. The van der Waals surface area contributed by atoms with E-state index in [1.54, 1.807) is 6.92 Å². The van der Waals surface area contributed by atoms with Crippen LogP contribution in [0, 0.1) is 20.8 Å². The number of nitrogens with one attached hydrogen (secondary N) is 1. The largest absolute Gasteiger partial charge is 0.507 e. The van der Waals surface area contributed by atoms with E-state index >= 15 is 0 Å². The van der Waals surface area contributed by atoms with Crippen molar-refractivity contribution in [3.63, 3.8) is 0 Å². The van der Waals surface area contributed by atoms with Crippen molar-refractivity contribution in [2.45, 2.75) is 33.7 Å². The van der Waals surface area contributed by atoms with E-state index in [0.717, 1.165) is 27.8 Å². The van der Waals surface area contributed by atoms with Crippen molar-refractivity contribution in [3.05, 3.63) is 104 Å². The molecule has 0 aliphatic heterocycles. The van der Waals surface area contributed by atoms with E-state index in [1.807, 2.05) is 74.5 Å². The smallest absolute Gasteiger partial charge is 0.340 e. The van der Waals surface area contributed by atoms with Crippen LogP contribution in [0.1, 0.15) is 33.4 Å². The molecule has 0 atom stereocenters. The second-order valence-corrected chi connectivity index (χ2v) is 7.76. The maximum Gasteiger partial charge on any atom is 0.340 e. The van der Waals surface area contributed by atoms with Crippen molar-refractivity contribution in [1.82, 2.24) is 0 Å². The van der Waals surface area contributed by atoms with Gasteiger partial charge in [-0.05, 0) is 50.1 Å². The molecule has 4 nitrogen and oxygen atoms in total. The third-order valence-corrected chi connectivity index (χ3v) is 5.62. The Morgan fingerprint density at radius 3 is 2.33 bits per heavy atom. The van der Waals surface area contributed by atoms with Crippen LogP contribution in [0.4, 0.5) is 5.69 Å². The molecule has 4 heteroatoms. The van der Waals surface area contributed by atoms with Crippen LogP contribution in [0.5, 0.6) is 5.75 Å². The topological polar surface area (TPSA) is 62.5 Å². The summed E-state index contributed by atoms with van der Waals surface area (Å²) >= 11 is 0. The predicted octanol–water partition coefficient (Wildman–Crippen LogP) is 5.63. The normalized spacial score (nSPS) is 11.0. The van der Waals surface area contributed by atoms with Gasteiger partial charge < -0.3 is 14.8 Å². The van der Waals surface area contributed by atoms with Gasteiger partial charge in [-0.2, -0.15) is 0 Å². The molecular weight excluding hydrogens is 374 g/mol. The number of phenols is 1. The van der Waals surface area contributed by atoms with Crippen LogP contribution in [0.25, 0.3) is 11.0 Å². The highest BCUT2D eigenvalue weighted by atomic mass is 16.4. The van der Waals surface area contributed by atoms with Gasteiger partial charge in [-0.1, -0.05) is 48.0 Å². The zero-order chi connectivity index (χ0) is 21.3. The molecule has 0 amide bonds. The number of benzene rings is 3. The van der Waals surface area contributed by atoms with Crippen molar-refractivity contribution in [2.75, 3.05) is 5.32 Å². The molecule has 0 saturated heterocycles. The summed E-state index contributed by atoms with van der Waals surface area (Å²) in [6.07, 6.45) is 0.516. The molecule has 30 heavy (non-hydrogen) atoms. The molecule has 4 rings (SSSR count). The van der Waals surface area contributed by atoms with E-state index < -0.39 is 0 Å². The lowest BCUT2D eigenvalue weighted by Crippen LogP contribution is -2.12. The second-order valence-electron chi connectivity index (χ2n) is 7.76. The van der Waals surface area contributed by atoms with E-state index in [9.17, 15) is 9.90 Å². The van der Waals surface area contributed by atoms with Gasteiger partial charge in [0.15, 0.2) is 0 Å². The van der Waals surface area contributed by atoms with Gasteiger partial charge in [0.05, 0.1) is 0 Å². The number of rotatable bonds is 5. The highest BCUT2D eigenvalue weighted by Gasteiger charge is 2.17. The molecule has 0 unspecified atom stereocenters. The highest BCUT2D eigenvalue weighted by molar-refractivity contribution is 5.87. The Hall–Kier alpha value is -3.53. The minimum atomic E-state index is -0.350. The number of aryl methyl sites for hydroxylation is 3. The van der Waals surface area contributed by atoms with Crippen molar-refractivity contribution in [1.29, 1.82) is 0 Å². The van der Waals surface area contributed by atoms with Crippen molar-refractivity contribution >= 4 is 16.7 Å². The van der Waals surface area contributed by atoms with Crippen LogP contribution < -0.4 is 10.9 Å². The molecule has 3 aromatic carbocycles. The first-order valence-electron chi connectivity index (χ1n) is 10.1. The number of aromatic hydroxyl groups is 1. The van der Waals surface area contributed by atoms with Gasteiger partial charge in [0.2, 0.25) is 0 Å². The Balaban J connectivity index is 1.74. The lowest BCUT2D eigenvalue weighted by atomic mass is 9.96. The lowest BCUT2D eigenvalue weighted by Gasteiger charge is -2.15. The quantitative estimate of drug-likeness (QED) is 0.427. The third kappa shape index (κ3) is 3.81. The van der Waals surface area contributed by atoms with Crippen molar-refractivity contribution < 1.29 is 9.52 Å². The van der Waals surface area contributed by atoms with Crippen molar-refractivity contribution in [2.24, 2.45) is 0 Å². The number of anilines is 1. The molecule has 0 saturated carbocycles. The van der Waals surface area contributed by atoms with Crippen LogP contribution >= 0.6 is 0 Å². The first kappa shape index (κ1) is 19.8. The zero-order valence-electron chi connectivity index (χ0n) is 17.5. The average molecular weight is 399 g/mol. The number of fused-ring (bicyclic) bond motifs is 1. The summed E-state index contributed by atoms with van der Waals surface area (Å²) in [6, 6.07) is 19.9. The molecule has 0 bridgehead atoms. The van der Waals surface area contributed by atoms with Gasteiger partial charge in [0, 0.05) is 40.7 Å². The molecule has 1 aromatic heterocycles. The minimum Gasteiger partial charge on any atom is -0.507 e. The van der Waals surface area contributed by atoms with Crippen LogP contribution in [-0.4, -0.2) is 5.11 Å². The molecule has 0 spiro atoms. The summed E-state index contributed by atoms with van der Waals surface area (Å²) in [7, 11) is 0. The maximum atomic E-state index is 12.7. The van der Waals surface area contributed by atoms with Crippen LogP contribution in [0.2, 0.25) is 0 Å². The van der Waals surface area contributed by atoms with Crippen LogP contribution in [0.3, 0.4) is 0 Å². The SMILES string of the molecule is Cc1ccc(NCc2cc3c(C)c(Cc4ccccc4)c(=O)oc3c(C)c2O)cc1. The molecule has 0 radical (unpaired) electrons. The molecular formula is C26H25NO3. The Bertz CT molecular complexity index is 1260. The second kappa shape index (κ2) is 8.07. The fourth-order valence-electron chi connectivity index (χ4n) is 3.75. The van der Waals surface area contributed by atoms with Gasteiger partial charge in [-0.3, -0.25) is 0 Å². The summed E-state index contributed by atoms with van der Waals surface area (Å²) in [4.78, 5) is 12.7. The predicted molar refractivity (Wildman–Crippen MR) is 121 cm³/mol. The third-order valence-electron chi connectivity index (χ3n) is 5.62. The van der Waals surface area contributed by atoms with Gasteiger partial charge in [0.25, 0.3) is 0 Å². The summed E-state index contributed by atoms with van der Waals surface area (Å²) in [6.45, 7) is 6.25. The molecule has 0 aliphatic carbocycles. The summed E-state index contributed by atoms with van der Waals surface area (Å²) in [5.74, 6) is 0.153. The summed E-state index contributed by atoms with van der Waals surface area (Å²) < 4.78 is 5.65. The van der Waals surface area contributed by atoms with Gasteiger partial charge >= 0.3 is 5.63 Å². The number of hydrogen-bond acceptors (Lipinski definition) is 4. The van der Waals surface area contributed by atoms with E-state index in [1.165, 1.54) is 5.56 Å². The fourth-order valence-corrected chi connectivity index (χ4v) is 3.75. The lowest BCUT2D eigenvalue weighted by molar-refractivity contribution is 0.462. The fraction of sp³-hybridized carbons (Fsp3) is 0.192. The molecule has 0 fully saturated rings. The zero-order valence-corrected chi connectivity index (χ0v) is 17.5. The first-order valence-corrected chi connectivity index (χ1v) is 10.1. The monoisotopic (exact) mass is 399 g/mol. The summed E-state index contributed by atoms with van der Waals surface area (Å²) in [5.41, 5.74) is 6.23. The van der Waals surface area contributed by atoms with Gasteiger partial charge in [-0.25, -0.2) is 4.79 Å². The number of phenolic OH excluding ortho intramolecular Hbond substituents is 1. The van der Waals surface area contributed by atoms with Crippen LogP contribution in [0.15, 0.2) is 69.9 Å².